The van der Waals surface area contributed by atoms with E-state index >= 15 is 0 Å². The third kappa shape index (κ3) is 3.65. The molecule has 1 unspecified atom stereocenters. The summed E-state index contributed by atoms with van der Waals surface area (Å²) in [5, 5.41) is 31.0. The molecule has 4 nitrogen and oxygen atoms in total. The van der Waals surface area contributed by atoms with Crippen LogP contribution in [0.25, 0.3) is 0 Å². The van der Waals surface area contributed by atoms with Crippen molar-refractivity contribution < 1.29 is 10.2 Å². The van der Waals surface area contributed by atoms with E-state index < -0.39 is 5.41 Å². The summed E-state index contributed by atoms with van der Waals surface area (Å²) >= 11 is 0. The van der Waals surface area contributed by atoms with Gasteiger partial charge in [0, 0.05) is 24.2 Å². The van der Waals surface area contributed by atoms with Crippen molar-refractivity contribution >= 4 is 0 Å². The smallest absolute Gasteiger partial charge is 0.124 e. The topological polar surface area (TPSA) is 76.3 Å². The first kappa shape index (κ1) is 13.3. The van der Waals surface area contributed by atoms with Gasteiger partial charge in [-0.15, -0.1) is 0 Å². The van der Waals surface area contributed by atoms with Crippen LogP contribution in [0.3, 0.4) is 0 Å². The third-order valence-electron chi connectivity index (χ3n) is 2.63. The number of rotatable bonds is 4. The van der Waals surface area contributed by atoms with Crippen molar-refractivity contribution in [2.45, 2.75) is 26.8 Å². The van der Waals surface area contributed by atoms with Gasteiger partial charge in [0.05, 0.1) is 11.5 Å². The molecule has 1 aromatic rings. The van der Waals surface area contributed by atoms with Gasteiger partial charge in [0.25, 0.3) is 0 Å². The van der Waals surface area contributed by atoms with Gasteiger partial charge in [-0.2, -0.15) is 5.26 Å². The molecular weight excluding hydrogens is 216 g/mol. The second-order valence-electron chi connectivity index (χ2n) is 4.84. The van der Waals surface area contributed by atoms with E-state index in [2.05, 4.69) is 11.4 Å². The molecule has 0 spiro atoms. The van der Waals surface area contributed by atoms with Crippen molar-refractivity contribution in [2.75, 3.05) is 6.54 Å². The van der Waals surface area contributed by atoms with Crippen LogP contribution < -0.4 is 5.32 Å². The lowest BCUT2D eigenvalue weighted by Gasteiger charge is -2.21. The molecule has 0 aliphatic rings. The van der Waals surface area contributed by atoms with Crippen molar-refractivity contribution in [1.29, 1.82) is 5.26 Å². The molecule has 0 amide bonds. The van der Waals surface area contributed by atoms with Crippen molar-refractivity contribution in [3.8, 4) is 17.6 Å². The Labute approximate surface area is 102 Å². The zero-order valence-electron chi connectivity index (χ0n) is 10.4. The number of nitriles is 1. The summed E-state index contributed by atoms with van der Waals surface area (Å²) in [5.41, 5.74) is 0.261. The fraction of sp³-hybridized carbons (Fsp3) is 0.462. The number of hydrogen-bond acceptors (Lipinski definition) is 4. The Morgan fingerprint density at radius 2 is 2.06 bits per heavy atom. The van der Waals surface area contributed by atoms with Crippen LogP contribution in [-0.2, 0) is 0 Å². The predicted octanol–water partition coefficient (Wildman–Crippen LogP) is 2.30. The van der Waals surface area contributed by atoms with Crippen LogP contribution in [0.5, 0.6) is 11.5 Å². The summed E-state index contributed by atoms with van der Waals surface area (Å²) in [7, 11) is 0. The largest absolute Gasteiger partial charge is 0.508 e. The lowest BCUT2D eigenvalue weighted by atomic mass is 9.95. The van der Waals surface area contributed by atoms with E-state index in [4.69, 9.17) is 5.26 Å². The lowest BCUT2D eigenvalue weighted by molar-refractivity contribution is 0.400. The third-order valence-corrected chi connectivity index (χ3v) is 2.63. The highest BCUT2D eigenvalue weighted by atomic mass is 16.3. The fourth-order valence-corrected chi connectivity index (χ4v) is 1.46. The predicted molar refractivity (Wildman–Crippen MR) is 65.6 cm³/mol. The quantitative estimate of drug-likeness (QED) is 0.747. The SMILES string of the molecule is CC(NCC(C)(C)C#N)c1ccc(O)cc1O. The minimum absolute atomic E-state index is 0.0378. The maximum Gasteiger partial charge on any atom is 0.124 e. The van der Waals surface area contributed by atoms with Crippen LogP contribution in [0, 0.1) is 16.7 Å². The molecule has 0 aromatic heterocycles. The molecule has 17 heavy (non-hydrogen) atoms. The second kappa shape index (κ2) is 5.07. The van der Waals surface area contributed by atoms with Crippen molar-refractivity contribution in [1.82, 2.24) is 5.32 Å². The van der Waals surface area contributed by atoms with Crippen LogP contribution in [0.15, 0.2) is 18.2 Å². The van der Waals surface area contributed by atoms with Crippen LogP contribution in [0.2, 0.25) is 0 Å². The highest BCUT2D eigenvalue weighted by molar-refractivity contribution is 5.40. The van der Waals surface area contributed by atoms with Crippen molar-refractivity contribution in [2.24, 2.45) is 5.41 Å². The molecule has 4 heteroatoms. The Bertz CT molecular complexity index is 436. The van der Waals surface area contributed by atoms with Crippen LogP contribution in [-0.4, -0.2) is 16.8 Å². The Morgan fingerprint density at radius 3 is 2.59 bits per heavy atom. The minimum atomic E-state index is -0.444. The molecule has 3 N–H and O–H groups in total. The van der Waals surface area contributed by atoms with E-state index in [1.165, 1.54) is 12.1 Å². The Hall–Kier alpha value is -1.73. The maximum absolute atomic E-state index is 9.68. The highest BCUT2D eigenvalue weighted by Gasteiger charge is 2.19. The summed E-state index contributed by atoms with van der Waals surface area (Å²) in [6, 6.07) is 6.63. The van der Waals surface area contributed by atoms with Crippen molar-refractivity contribution in [3.05, 3.63) is 23.8 Å². The molecule has 0 saturated carbocycles. The second-order valence-corrected chi connectivity index (χ2v) is 4.84. The summed E-state index contributed by atoms with van der Waals surface area (Å²) in [6.45, 7) is 6.14. The first-order valence-corrected chi connectivity index (χ1v) is 5.52. The van der Waals surface area contributed by atoms with Gasteiger partial charge < -0.3 is 15.5 Å². The van der Waals surface area contributed by atoms with E-state index in [0.29, 0.717) is 12.1 Å². The molecule has 92 valence electrons. The number of phenols is 2. The van der Waals surface area contributed by atoms with Gasteiger partial charge in [-0.1, -0.05) is 6.07 Å². The molecule has 1 aromatic carbocycles. The first-order chi connectivity index (χ1) is 7.85. The van der Waals surface area contributed by atoms with Crippen LogP contribution in [0.1, 0.15) is 32.4 Å². The number of nitrogens with one attached hydrogen (secondary N) is 1. The summed E-state index contributed by atoms with van der Waals surface area (Å²) < 4.78 is 0. The van der Waals surface area contributed by atoms with Gasteiger partial charge in [0.15, 0.2) is 0 Å². The van der Waals surface area contributed by atoms with Gasteiger partial charge in [0.2, 0.25) is 0 Å². The summed E-state index contributed by atoms with van der Waals surface area (Å²) in [5.74, 6) is 0.0931. The molecule has 0 radical (unpaired) electrons. The van der Waals surface area contributed by atoms with E-state index in [1.807, 2.05) is 20.8 Å². The van der Waals surface area contributed by atoms with Crippen LogP contribution in [0.4, 0.5) is 0 Å². The Kier molecular flexibility index (Phi) is 3.97. The van der Waals surface area contributed by atoms with Gasteiger partial charge in [0.1, 0.15) is 11.5 Å². The van der Waals surface area contributed by atoms with Gasteiger partial charge in [-0.3, -0.25) is 0 Å². The average Bonchev–Trinajstić information content (AvgIpc) is 2.26. The van der Waals surface area contributed by atoms with Crippen LogP contribution >= 0.6 is 0 Å². The zero-order valence-corrected chi connectivity index (χ0v) is 10.4. The molecule has 0 aliphatic heterocycles. The van der Waals surface area contributed by atoms with Crippen molar-refractivity contribution in [3.63, 3.8) is 0 Å². The lowest BCUT2D eigenvalue weighted by Crippen LogP contribution is -2.30. The zero-order chi connectivity index (χ0) is 13.1. The molecule has 0 heterocycles. The van der Waals surface area contributed by atoms with E-state index in [1.54, 1.807) is 6.07 Å². The molecule has 1 rings (SSSR count). The van der Waals surface area contributed by atoms with Gasteiger partial charge in [-0.25, -0.2) is 0 Å². The summed E-state index contributed by atoms with van der Waals surface area (Å²) in [6.07, 6.45) is 0. The van der Waals surface area contributed by atoms with E-state index in [9.17, 15) is 10.2 Å². The molecule has 1 atom stereocenters. The van der Waals surface area contributed by atoms with Gasteiger partial charge >= 0.3 is 0 Å². The number of phenolic OH excluding ortho intramolecular Hbond substituents is 2. The summed E-state index contributed by atoms with van der Waals surface area (Å²) in [4.78, 5) is 0. The average molecular weight is 234 g/mol. The molecule has 0 bridgehead atoms. The standard InChI is InChI=1S/C13H18N2O2/c1-9(15-8-13(2,3)7-14)11-5-4-10(16)6-12(11)17/h4-6,9,15-17H,8H2,1-3H3. The molecular formula is C13H18N2O2. The molecule has 0 aliphatic carbocycles. The Balaban J connectivity index is 2.71. The molecule has 0 fully saturated rings. The minimum Gasteiger partial charge on any atom is -0.508 e. The maximum atomic E-state index is 9.68. The highest BCUT2D eigenvalue weighted by Crippen LogP contribution is 2.28. The van der Waals surface area contributed by atoms with E-state index in [-0.39, 0.29) is 17.5 Å². The number of aromatic hydroxyl groups is 2. The monoisotopic (exact) mass is 234 g/mol. The Morgan fingerprint density at radius 1 is 1.41 bits per heavy atom. The fourth-order valence-electron chi connectivity index (χ4n) is 1.46. The number of hydrogen-bond donors (Lipinski definition) is 3. The number of nitrogens with zero attached hydrogens (tertiary/aromatic N) is 1. The normalized spacial score (nSPS) is 13.1. The van der Waals surface area contributed by atoms with Gasteiger partial charge in [-0.05, 0) is 26.8 Å². The molecule has 0 saturated heterocycles. The van der Waals surface area contributed by atoms with E-state index in [0.717, 1.165) is 0 Å². The first-order valence-electron chi connectivity index (χ1n) is 5.52. The number of benzene rings is 1.